The van der Waals surface area contributed by atoms with Gasteiger partial charge < -0.3 is 79.3 Å². The van der Waals surface area contributed by atoms with Gasteiger partial charge in [-0.25, -0.2) is 0 Å². The Bertz CT molecular complexity index is 3510. The van der Waals surface area contributed by atoms with Crippen LogP contribution in [0.5, 0.6) is 0 Å². The molecule has 2 aliphatic heterocycles. The molecule has 2 aliphatic carbocycles. The summed E-state index contributed by atoms with van der Waals surface area (Å²) in [5, 5.41) is 37.8. The van der Waals surface area contributed by atoms with Gasteiger partial charge in [0.15, 0.2) is 0 Å². The first-order valence-corrected chi connectivity index (χ1v) is 37.8. The van der Waals surface area contributed by atoms with Crippen LogP contribution in [-0.4, -0.2) is 189 Å². The Morgan fingerprint density at radius 1 is 0.559 bits per heavy atom. The van der Waals surface area contributed by atoms with Crippen LogP contribution in [-0.2, 0) is 59.4 Å². The maximum Gasteiger partial charge on any atom is 0.255 e. The van der Waals surface area contributed by atoms with Crippen LogP contribution in [0.1, 0.15) is 179 Å². The van der Waals surface area contributed by atoms with Gasteiger partial charge in [-0.05, 0) is 240 Å². The first kappa shape index (κ1) is 79.9. The Morgan fingerprint density at radius 2 is 1.07 bits per heavy atom. The van der Waals surface area contributed by atoms with Crippen LogP contribution in [0.3, 0.4) is 0 Å². The first-order valence-electron chi connectivity index (χ1n) is 36.8. The summed E-state index contributed by atoms with van der Waals surface area (Å²) in [5.41, 5.74) is 11.6. The Morgan fingerprint density at radius 3 is 1.63 bits per heavy atom. The van der Waals surface area contributed by atoms with Gasteiger partial charge in [0.25, 0.3) is 11.8 Å². The third-order valence-corrected chi connectivity index (χ3v) is 21.5. The molecule has 0 saturated carbocycles. The molecule has 102 heavy (non-hydrogen) atoms. The van der Waals surface area contributed by atoms with E-state index in [1.165, 1.54) is 45.8 Å². The summed E-state index contributed by atoms with van der Waals surface area (Å²) in [6.07, 6.45) is 10.2. The molecule has 556 valence electrons. The molecule has 4 aromatic rings. The Kier molecular flexibility index (Phi) is 30.3. The van der Waals surface area contributed by atoms with Crippen LogP contribution in [0.2, 0.25) is 0 Å². The summed E-state index contributed by atoms with van der Waals surface area (Å²) in [6, 6.07) is 20.9. The van der Waals surface area contributed by atoms with Crippen molar-refractivity contribution >= 4 is 70.6 Å². The molecule has 4 aromatic carbocycles. The predicted octanol–water partition coefficient (Wildman–Crippen LogP) is 4.82. The van der Waals surface area contributed by atoms with Gasteiger partial charge in [0.05, 0.1) is 29.9 Å². The van der Waals surface area contributed by atoms with Crippen molar-refractivity contribution < 1.29 is 43.2 Å². The maximum atomic E-state index is 15.6. The van der Waals surface area contributed by atoms with Gasteiger partial charge in [-0.15, -0.1) is 11.8 Å². The second-order valence-electron chi connectivity index (χ2n) is 29.2. The number of hydrogen-bond acceptors (Lipinski definition) is 16. The van der Waals surface area contributed by atoms with Gasteiger partial charge >= 0.3 is 0 Å². The van der Waals surface area contributed by atoms with Crippen molar-refractivity contribution in [3.8, 4) is 0 Å². The van der Waals surface area contributed by atoms with E-state index in [-0.39, 0.29) is 78.5 Å². The highest BCUT2D eigenvalue weighted by molar-refractivity contribution is 8.01. The number of likely N-dealkylation sites (tertiary alicyclic amines) is 1. The van der Waals surface area contributed by atoms with Crippen molar-refractivity contribution in [2.24, 2.45) is 11.1 Å². The van der Waals surface area contributed by atoms with Crippen molar-refractivity contribution in [1.82, 2.24) is 68.3 Å². The highest BCUT2D eigenvalue weighted by atomic mass is 32.2. The summed E-state index contributed by atoms with van der Waals surface area (Å²) in [4.78, 5) is 132. The SMILES string of the molecule is CN[C@@H](C)C(=O)N[C@H](C(=O)N1C[C@@H](NC(=O)c2ccc(C(=O)Nc3ccc4c(c3)CN(C(=O)[C@@H](NC(=O)[C@H](C)NC)C(C)(C)SCC(=O)NCCCNCCCNCCCCNCCCN)[C@H](C(=O)N[C@@H]3CCCc5ccccc53)C4)cc2)C[C@H]1C(=O)N[C@@H]1CCCc2ccccc21)C(C)(C)C. The van der Waals surface area contributed by atoms with Gasteiger partial charge in [0.1, 0.15) is 24.2 Å². The zero-order valence-corrected chi connectivity index (χ0v) is 62.2. The minimum Gasteiger partial charge on any atom is -0.355 e. The minimum atomic E-state index is -1.20. The fourth-order valence-corrected chi connectivity index (χ4v) is 14.7. The van der Waals surface area contributed by atoms with E-state index in [2.05, 4.69) is 75.9 Å². The molecule has 0 unspecified atom stereocenters. The van der Waals surface area contributed by atoms with E-state index in [9.17, 15) is 38.4 Å². The lowest BCUT2D eigenvalue weighted by atomic mass is 9.85. The highest BCUT2D eigenvalue weighted by Gasteiger charge is 2.48. The first-order chi connectivity index (χ1) is 48.9. The largest absolute Gasteiger partial charge is 0.355 e. The number of thioether (sulfide) groups is 1. The van der Waals surface area contributed by atoms with E-state index in [4.69, 9.17) is 5.73 Å². The number of amides is 9. The molecular formula is C77H113N15O9S. The molecule has 9 amide bonds. The van der Waals surface area contributed by atoms with Crippen LogP contribution >= 0.6 is 11.8 Å². The maximum absolute atomic E-state index is 15.6. The van der Waals surface area contributed by atoms with Crippen molar-refractivity contribution in [2.45, 2.75) is 198 Å². The number of carbonyl (C=O) groups is 9. The van der Waals surface area contributed by atoms with Gasteiger partial charge in [-0.2, -0.15) is 0 Å². The lowest BCUT2D eigenvalue weighted by Crippen LogP contribution is -2.63. The quantitative estimate of drug-likeness (QED) is 0.0272. The van der Waals surface area contributed by atoms with E-state index in [1.807, 2.05) is 77.1 Å². The number of likely N-dealkylation sites (N-methyl/N-ethyl adjacent to an activating group) is 2. The molecule has 24 nitrogen and oxygen atoms in total. The molecule has 2 heterocycles. The molecular weight excluding hydrogens is 1310 g/mol. The molecule has 0 bridgehead atoms. The fraction of sp³-hybridized carbons (Fsp3) is 0.571. The molecule has 9 atom stereocenters. The van der Waals surface area contributed by atoms with E-state index in [0.29, 0.717) is 24.3 Å². The molecule has 25 heteroatoms. The molecule has 0 radical (unpaired) electrons. The van der Waals surface area contributed by atoms with Crippen molar-refractivity contribution in [2.75, 3.05) is 84.1 Å². The number of rotatable bonds is 36. The summed E-state index contributed by atoms with van der Waals surface area (Å²) in [5.74, 6) is -3.62. The van der Waals surface area contributed by atoms with Crippen molar-refractivity contribution in [3.05, 3.63) is 136 Å². The Labute approximate surface area is 607 Å². The number of fused-ring (bicyclic) bond motifs is 3. The zero-order valence-electron chi connectivity index (χ0n) is 61.4. The summed E-state index contributed by atoms with van der Waals surface area (Å²) < 4.78 is -1.08. The lowest BCUT2D eigenvalue weighted by molar-refractivity contribution is -0.145. The Hall–Kier alpha value is -7.78. The number of aryl methyl sites for hydroxylation is 2. The third-order valence-electron chi connectivity index (χ3n) is 20.1. The van der Waals surface area contributed by atoms with Crippen LogP contribution < -0.4 is 69.5 Å². The number of unbranched alkanes of at least 4 members (excludes halogenated alkanes) is 1. The standard InChI is InChI=1S/C77H113N15O9S/c1-49(79-8)68(94)89-66(76(3,4)5)74(100)92-47-58(45-64(92)73(99)88-62-28-17-24-52-22-11-13-26-60(52)62)86-71(97)54-31-29-53(30-32-54)70(96)85-57-34-33-55-44-63(72(98)87-61-27-16-23-51-21-10-12-25-59(51)61)91(46-56(55)43-57)75(101)67(90-69(95)50(2)80-9)77(6,7)102-48-65(93)84-42-20-41-83-40-19-39-82-37-15-14-36-81-38-18-35-78/h10-13,21-22,25-26,29-34,43,49-50,58,61-64,66-67,79-83H,14-20,23-24,27-28,35-42,44-48,78H2,1-9H3,(H,84,93)(H,85,96)(H,86,97)(H,87,98)(H,88,99)(H,89,94)(H,90,95)/t49-,50-,58-,61+,62+,63-,64-,66+,67+/m0/s1. The lowest BCUT2D eigenvalue weighted by Gasteiger charge is -2.42. The second-order valence-corrected chi connectivity index (χ2v) is 30.9. The monoisotopic (exact) mass is 1420 g/mol. The summed E-state index contributed by atoms with van der Waals surface area (Å²) >= 11 is 1.24. The van der Waals surface area contributed by atoms with Gasteiger partial charge in [-0.3, -0.25) is 43.2 Å². The normalized spacial score (nSPS) is 19.1. The molecule has 0 aromatic heterocycles. The van der Waals surface area contributed by atoms with E-state index < -0.39 is 82.0 Å². The number of hydrogen-bond donors (Lipinski definition) is 13. The highest BCUT2D eigenvalue weighted by Crippen LogP contribution is 2.36. The topological polar surface area (TPSA) is 330 Å². The number of benzene rings is 4. The van der Waals surface area contributed by atoms with E-state index in [1.54, 1.807) is 40.1 Å². The molecule has 1 fully saturated rings. The second kappa shape index (κ2) is 38.7. The smallest absolute Gasteiger partial charge is 0.255 e. The van der Waals surface area contributed by atoms with Gasteiger partial charge in [0.2, 0.25) is 41.4 Å². The molecule has 14 N–H and O–H groups in total. The van der Waals surface area contributed by atoms with Crippen LogP contribution in [0.15, 0.2) is 91.0 Å². The fourth-order valence-electron chi connectivity index (χ4n) is 13.7. The molecule has 0 spiro atoms. The van der Waals surface area contributed by atoms with Crippen LogP contribution in [0.25, 0.3) is 0 Å². The average molecular weight is 1420 g/mol. The number of nitrogens with zero attached hydrogens (tertiary/aromatic N) is 2. The summed E-state index contributed by atoms with van der Waals surface area (Å²) in [7, 11) is 3.31. The number of nitrogens with one attached hydrogen (secondary N) is 12. The molecule has 1 saturated heterocycles. The minimum absolute atomic E-state index is 0.00358. The molecule has 4 aliphatic rings. The van der Waals surface area contributed by atoms with Gasteiger partial charge in [-0.1, -0.05) is 75.4 Å². The number of nitrogens with two attached hydrogens (primary N) is 1. The number of anilines is 1. The van der Waals surface area contributed by atoms with Gasteiger partial charge in [0, 0.05) is 53.7 Å². The Balaban J connectivity index is 0.931. The third kappa shape index (κ3) is 22.4. The van der Waals surface area contributed by atoms with Crippen molar-refractivity contribution in [3.63, 3.8) is 0 Å². The van der Waals surface area contributed by atoms with Crippen LogP contribution in [0.4, 0.5) is 5.69 Å². The molecule has 8 rings (SSSR count). The van der Waals surface area contributed by atoms with Crippen molar-refractivity contribution in [1.29, 1.82) is 0 Å². The predicted molar refractivity (Wildman–Crippen MR) is 401 cm³/mol. The van der Waals surface area contributed by atoms with E-state index >= 15 is 4.79 Å². The van der Waals surface area contributed by atoms with E-state index in [0.717, 1.165) is 138 Å². The number of carbonyl (C=O) groups excluding carboxylic acids is 9. The zero-order chi connectivity index (χ0) is 73.5. The van der Waals surface area contributed by atoms with Crippen LogP contribution in [0, 0.1) is 5.41 Å². The average Bonchev–Trinajstić information content (AvgIpc) is 0.819. The summed E-state index contributed by atoms with van der Waals surface area (Å²) in [6.45, 7) is 19.2.